The number of anilines is 1. The molecule has 0 saturated heterocycles. The molecule has 3 rings (SSSR count). The maximum Gasteiger partial charge on any atom is 0.277 e. The molecule has 2 aromatic carbocycles. The molecule has 7 heteroatoms. The van der Waals surface area contributed by atoms with Crippen molar-refractivity contribution in [2.75, 3.05) is 19.0 Å². The van der Waals surface area contributed by atoms with Gasteiger partial charge in [-0.3, -0.25) is 9.59 Å². The van der Waals surface area contributed by atoms with Gasteiger partial charge in [0, 0.05) is 32.7 Å². The van der Waals surface area contributed by atoms with Crippen molar-refractivity contribution in [3.63, 3.8) is 0 Å². The van der Waals surface area contributed by atoms with Gasteiger partial charge in [0.15, 0.2) is 0 Å². The highest BCUT2D eigenvalue weighted by Gasteiger charge is 2.07. The second kappa shape index (κ2) is 7.77. The molecular weight excluding hydrogens is 330 g/mol. The monoisotopic (exact) mass is 351 g/mol. The molecule has 0 aliphatic rings. The number of aromatic nitrogens is 3. The van der Waals surface area contributed by atoms with Crippen molar-refractivity contribution in [2.24, 2.45) is 0 Å². The highest BCUT2D eigenvalue weighted by molar-refractivity contribution is 5.77. The third-order valence-corrected chi connectivity index (χ3v) is 4.12. The van der Waals surface area contributed by atoms with Gasteiger partial charge in [-0.1, -0.05) is 29.5 Å². The minimum atomic E-state index is -0.234. The number of amides is 1. The van der Waals surface area contributed by atoms with Crippen molar-refractivity contribution in [3.8, 4) is 0 Å². The van der Waals surface area contributed by atoms with Crippen LogP contribution in [0.15, 0.2) is 53.3 Å². The van der Waals surface area contributed by atoms with E-state index in [-0.39, 0.29) is 24.4 Å². The molecule has 0 spiro atoms. The number of hydrogen-bond donors (Lipinski definition) is 1. The van der Waals surface area contributed by atoms with Crippen molar-refractivity contribution in [1.82, 2.24) is 20.3 Å². The molecule has 1 heterocycles. The summed E-state index contributed by atoms with van der Waals surface area (Å²) >= 11 is 0. The van der Waals surface area contributed by atoms with Gasteiger partial charge in [0.25, 0.3) is 5.56 Å². The Hall–Kier alpha value is -3.22. The molecule has 3 aromatic rings. The molecule has 0 aliphatic carbocycles. The number of benzene rings is 2. The van der Waals surface area contributed by atoms with Gasteiger partial charge < -0.3 is 10.2 Å². The average Bonchev–Trinajstić information content (AvgIpc) is 2.66. The number of rotatable bonds is 6. The minimum absolute atomic E-state index is 0.136. The SMILES string of the molecule is CN(C)c1ccc(CNC(=O)CCn2nnc3ccccc3c2=O)cc1. The third-order valence-electron chi connectivity index (χ3n) is 4.12. The number of carbonyl (C=O) groups excluding carboxylic acids is 1. The zero-order valence-corrected chi connectivity index (χ0v) is 14.8. The largest absolute Gasteiger partial charge is 0.378 e. The van der Waals surface area contributed by atoms with Crippen molar-refractivity contribution in [2.45, 2.75) is 19.5 Å². The van der Waals surface area contributed by atoms with Gasteiger partial charge in [0.1, 0.15) is 5.52 Å². The van der Waals surface area contributed by atoms with E-state index in [0.29, 0.717) is 17.4 Å². The fourth-order valence-corrected chi connectivity index (χ4v) is 2.58. The molecule has 0 saturated carbocycles. The Morgan fingerprint density at radius 1 is 1.12 bits per heavy atom. The topological polar surface area (TPSA) is 80.1 Å². The Morgan fingerprint density at radius 3 is 2.58 bits per heavy atom. The number of fused-ring (bicyclic) bond motifs is 1. The van der Waals surface area contributed by atoms with Crippen LogP contribution in [0.3, 0.4) is 0 Å². The van der Waals surface area contributed by atoms with E-state index in [0.717, 1.165) is 11.3 Å². The van der Waals surface area contributed by atoms with E-state index < -0.39 is 0 Å². The maximum atomic E-state index is 12.3. The smallest absolute Gasteiger partial charge is 0.277 e. The molecule has 0 fully saturated rings. The maximum absolute atomic E-state index is 12.3. The molecule has 0 radical (unpaired) electrons. The number of nitrogens with zero attached hydrogens (tertiary/aromatic N) is 4. The average molecular weight is 351 g/mol. The standard InChI is InChI=1S/C19H21N5O2/c1-23(2)15-9-7-14(8-10-15)13-20-18(25)11-12-24-19(26)16-5-3-4-6-17(16)21-22-24/h3-10H,11-13H2,1-2H3,(H,20,25). The molecule has 7 nitrogen and oxygen atoms in total. The molecule has 26 heavy (non-hydrogen) atoms. The number of nitrogens with one attached hydrogen (secondary N) is 1. The van der Waals surface area contributed by atoms with Crippen LogP contribution in [0.4, 0.5) is 5.69 Å². The molecule has 0 unspecified atom stereocenters. The number of carbonyl (C=O) groups is 1. The first-order chi connectivity index (χ1) is 12.5. The van der Waals surface area contributed by atoms with Gasteiger partial charge in [-0.2, -0.15) is 0 Å². The Morgan fingerprint density at radius 2 is 1.85 bits per heavy atom. The van der Waals surface area contributed by atoms with E-state index in [4.69, 9.17) is 0 Å². The summed E-state index contributed by atoms with van der Waals surface area (Å²) in [7, 11) is 3.96. The van der Waals surface area contributed by atoms with E-state index in [2.05, 4.69) is 15.6 Å². The summed E-state index contributed by atoms with van der Waals surface area (Å²) < 4.78 is 1.23. The predicted molar refractivity (Wildman–Crippen MR) is 101 cm³/mol. The van der Waals surface area contributed by atoms with Crippen LogP contribution >= 0.6 is 0 Å². The highest BCUT2D eigenvalue weighted by Crippen LogP contribution is 2.12. The van der Waals surface area contributed by atoms with Gasteiger partial charge in [-0.15, -0.1) is 5.10 Å². The van der Waals surface area contributed by atoms with Crippen molar-refractivity contribution in [1.29, 1.82) is 0 Å². The lowest BCUT2D eigenvalue weighted by Gasteiger charge is -2.13. The van der Waals surface area contributed by atoms with E-state index >= 15 is 0 Å². The fourth-order valence-electron chi connectivity index (χ4n) is 2.58. The molecular formula is C19H21N5O2. The van der Waals surface area contributed by atoms with Crippen LogP contribution < -0.4 is 15.8 Å². The Labute approximate surface area is 151 Å². The first-order valence-corrected chi connectivity index (χ1v) is 8.40. The van der Waals surface area contributed by atoms with Crippen LogP contribution in [0.2, 0.25) is 0 Å². The lowest BCUT2D eigenvalue weighted by Crippen LogP contribution is -2.29. The zero-order valence-electron chi connectivity index (χ0n) is 14.8. The first-order valence-electron chi connectivity index (χ1n) is 8.40. The summed E-state index contributed by atoms with van der Waals surface area (Å²) in [5.41, 5.74) is 2.45. The number of hydrogen-bond acceptors (Lipinski definition) is 5. The molecule has 134 valence electrons. The summed E-state index contributed by atoms with van der Waals surface area (Å²) in [5.74, 6) is -0.136. The summed E-state index contributed by atoms with van der Waals surface area (Å²) in [5, 5.41) is 11.3. The summed E-state index contributed by atoms with van der Waals surface area (Å²) in [6.45, 7) is 0.646. The Kier molecular flexibility index (Phi) is 5.26. The Bertz CT molecular complexity index is 964. The van der Waals surface area contributed by atoms with Crippen molar-refractivity contribution >= 4 is 22.5 Å². The van der Waals surface area contributed by atoms with Gasteiger partial charge in [-0.05, 0) is 29.8 Å². The molecule has 1 N–H and O–H groups in total. The van der Waals surface area contributed by atoms with Crippen molar-refractivity contribution in [3.05, 3.63) is 64.4 Å². The second-order valence-electron chi connectivity index (χ2n) is 6.22. The zero-order chi connectivity index (χ0) is 18.5. The molecule has 1 aromatic heterocycles. The normalized spacial score (nSPS) is 10.7. The fraction of sp³-hybridized carbons (Fsp3) is 0.263. The minimum Gasteiger partial charge on any atom is -0.378 e. The second-order valence-corrected chi connectivity index (χ2v) is 6.22. The van der Waals surface area contributed by atoms with Crippen molar-refractivity contribution < 1.29 is 4.79 Å². The molecule has 0 aliphatic heterocycles. The molecule has 0 atom stereocenters. The third kappa shape index (κ3) is 4.05. The number of aryl methyl sites for hydroxylation is 1. The molecule has 0 bridgehead atoms. The van der Waals surface area contributed by atoms with Gasteiger partial charge in [0.2, 0.25) is 5.91 Å². The van der Waals surface area contributed by atoms with E-state index in [9.17, 15) is 9.59 Å². The highest BCUT2D eigenvalue weighted by atomic mass is 16.2. The Balaban J connectivity index is 1.56. The van der Waals surface area contributed by atoms with Gasteiger partial charge in [-0.25, -0.2) is 4.68 Å². The van der Waals surface area contributed by atoms with Crippen LogP contribution in [0.1, 0.15) is 12.0 Å². The predicted octanol–water partition coefficient (Wildman–Crippen LogP) is 1.56. The quantitative estimate of drug-likeness (QED) is 0.729. The van der Waals surface area contributed by atoms with E-state index in [1.165, 1.54) is 4.68 Å². The lowest BCUT2D eigenvalue weighted by molar-refractivity contribution is -0.121. The van der Waals surface area contributed by atoms with Crippen LogP contribution in [0.5, 0.6) is 0 Å². The van der Waals surface area contributed by atoms with Gasteiger partial charge >= 0.3 is 0 Å². The lowest BCUT2D eigenvalue weighted by atomic mass is 10.2. The summed E-state index contributed by atoms with van der Waals surface area (Å²) in [6.07, 6.45) is 0.169. The van der Waals surface area contributed by atoms with E-state index in [1.807, 2.05) is 43.3 Å². The van der Waals surface area contributed by atoms with Crippen LogP contribution in [-0.4, -0.2) is 35.0 Å². The summed E-state index contributed by atoms with van der Waals surface area (Å²) in [6, 6.07) is 15.0. The van der Waals surface area contributed by atoms with Gasteiger partial charge in [0.05, 0.1) is 11.9 Å². The van der Waals surface area contributed by atoms with Crippen LogP contribution in [-0.2, 0) is 17.9 Å². The first kappa shape index (κ1) is 17.6. The molecule has 1 amide bonds. The van der Waals surface area contributed by atoms with Crippen LogP contribution in [0, 0.1) is 0 Å². The van der Waals surface area contributed by atoms with E-state index in [1.54, 1.807) is 24.3 Å². The summed E-state index contributed by atoms with van der Waals surface area (Å²) in [4.78, 5) is 26.4. The van der Waals surface area contributed by atoms with Crippen LogP contribution in [0.25, 0.3) is 10.9 Å².